The van der Waals surface area contributed by atoms with E-state index in [4.69, 9.17) is 9.72 Å². The van der Waals surface area contributed by atoms with Crippen LogP contribution in [0.3, 0.4) is 0 Å². The van der Waals surface area contributed by atoms with Gasteiger partial charge in [-0.25, -0.2) is 4.98 Å². The van der Waals surface area contributed by atoms with Gasteiger partial charge in [0, 0.05) is 87.8 Å². The number of benzene rings is 3. The fourth-order valence-electron chi connectivity index (χ4n) is 9.33. The van der Waals surface area contributed by atoms with Crippen molar-refractivity contribution < 1.29 is 33.3 Å². The first-order chi connectivity index (χ1) is 32.7. The van der Waals surface area contributed by atoms with Crippen molar-refractivity contribution in [2.24, 2.45) is 5.92 Å². The van der Waals surface area contributed by atoms with Gasteiger partial charge < -0.3 is 40.4 Å². The molecule has 5 N–H and O–H groups in total. The average molecular weight is 1010 g/mol. The van der Waals surface area contributed by atoms with Crippen LogP contribution in [0.2, 0.25) is 0 Å². The molecule has 0 bridgehead atoms. The van der Waals surface area contributed by atoms with E-state index in [9.17, 15) is 28.5 Å². The molecule has 6 heterocycles. The van der Waals surface area contributed by atoms with Crippen LogP contribution in [-0.4, -0.2) is 126 Å². The number of carbonyl (C=O) groups is 5. The fraction of sp³-hybridized carbons (Fsp3) is 0.383. The lowest BCUT2D eigenvalue weighted by Gasteiger charge is -2.40. The van der Waals surface area contributed by atoms with Crippen LogP contribution >= 0.6 is 23.1 Å². The summed E-state index contributed by atoms with van der Waals surface area (Å²) in [5.41, 5.74) is 5.99. The van der Waals surface area contributed by atoms with Gasteiger partial charge in [-0.3, -0.25) is 44.2 Å². The molecule has 354 valence electrons. The summed E-state index contributed by atoms with van der Waals surface area (Å²) in [4.78, 5) is 87.0. The minimum Gasteiger partial charge on any atom is -0.494 e. The topological polar surface area (TPSA) is 233 Å². The zero-order valence-corrected chi connectivity index (χ0v) is 40.6. The minimum absolute atomic E-state index is 0.0338. The molecule has 19 nitrogen and oxygen atoms in total. The summed E-state index contributed by atoms with van der Waals surface area (Å²) in [6.45, 7) is 9.31. The predicted molar refractivity (Wildman–Crippen MR) is 262 cm³/mol. The molecule has 4 aliphatic heterocycles. The number of nitrogens with one attached hydrogen (secondary N) is 5. The van der Waals surface area contributed by atoms with E-state index in [-0.39, 0.29) is 35.8 Å². The highest BCUT2D eigenvalue weighted by Gasteiger charge is 2.45. The Kier molecular flexibility index (Phi) is 13.2. The number of piperidine rings is 2. The second-order valence-corrected chi connectivity index (χ2v) is 21.7. The van der Waals surface area contributed by atoms with Gasteiger partial charge in [0.25, 0.3) is 11.8 Å². The highest BCUT2D eigenvalue weighted by Crippen LogP contribution is 2.42. The number of hydrogen-bond acceptors (Lipinski definition) is 16. The van der Waals surface area contributed by atoms with Gasteiger partial charge in [-0.2, -0.15) is 4.98 Å². The number of anilines is 6. The van der Waals surface area contributed by atoms with Crippen molar-refractivity contribution in [2.75, 3.05) is 80.1 Å². The standard InChI is InChI=1S/C47H52BrN12O7P/c1-5-26-20-35(55-47-53-23-32(48)42(57-47)54-34-9-8-33-40(51-16-15-50-33)41(34)68(3,4)66)38(67-2)22-37(26)58-18-12-28(13-19-58)49-14-17-52-43(62)27-24-59(25-27)29-6-7-30-31(21-29)46(65)60(45(30)64)36-10-11-39(61)56-44(36)63/h6-9,15-16,20-23,27-28,36,49H,5,10-14,17-19,24-25H2,1-4H3,(H,52,62)(H,56,61,63)(H2,53,54,55,57). The number of nitrogens with zero attached hydrogens (tertiary/aromatic N) is 7. The molecule has 0 aliphatic carbocycles. The molecule has 9 rings (SSSR count). The molecule has 1 unspecified atom stereocenters. The molecular formula is C47H52BrN12O7P. The Bertz CT molecular complexity index is 2900. The van der Waals surface area contributed by atoms with E-state index < -0.39 is 36.8 Å². The lowest BCUT2D eigenvalue weighted by atomic mass is 9.97. The Balaban J connectivity index is 0.748. The van der Waals surface area contributed by atoms with Gasteiger partial charge in [-0.05, 0) is 96.9 Å². The molecule has 4 aliphatic rings. The van der Waals surface area contributed by atoms with Gasteiger partial charge in [-0.15, -0.1) is 0 Å². The van der Waals surface area contributed by atoms with E-state index in [1.54, 1.807) is 57.2 Å². The van der Waals surface area contributed by atoms with Crippen LogP contribution in [0.15, 0.2) is 65.5 Å². The van der Waals surface area contributed by atoms with Crippen molar-refractivity contribution in [3.8, 4) is 5.75 Å². The predicted octanol–water partition coefficient (Wildman–Crippen LogP) is 4.70. The summed E-state index contributed by atoms with van der Waals surface area (Å²) in [6, 6.07) is 12.1. The zero-order chi connectivity index (χ0) is 47.9. The van der Waals surface area contributed by atoms with Crippen molar-refractivity contribution in [2.45, 2.75) is 51.1 Å². The number of hydrogen-bond donors (Lipinski definition) is 5. The third kappa shape index (κ3) is 9.36. The highest BCUT2D eigenvalue weighted by atomic mass is 79.9. The summed E-state index contributed by atoms with van der Waals surface area (Å²) >= 11 is 3.58. The number of aryl methyl sites for hydroxylation is 1. The Hall–Kier alpha value is -6.50. The van der Waals surface area contributed by atoms with Gasteiger partial charge in [0.15, 0.2) is 0 Å². The fourth-order valence-corrected chi connectivity index (χ4v) is 11.0. The van der Waals surface area contributed by atoms with Crippen LogP contribution < -0.4 is 46.4 Å². The summed E-state index contributed by atoms with van der Waals surface area (Å²) < 4.78 is 20.0. The average Bonchev–Trinajstić information content (AvgIpc) is 3.55. The van der Waals surface area contributed by atoms with E-state index in [0.717, 1.165) is 59.9 Å². The molecule has 3 aromatic carbocycles. The number of fused-ring (bicyclic) bond motifs is 2. The molecule has 3 fully saturated rings. The van der Waals surface area contributed by atoms with E-state index >= 15 is 0 Å². The number of aromatic nitrogens is 4. The van der Waals surface area contributed by atoms with Crippen molar-refractivity contribution in [3.05, 3.63) is 82.2 Å². The van der Waals surface area contributed by atoms with E-state index in [1.165, 1.54) is 0 Å². The largest absolute Gasteiger partial charge is 0.494 e. The quantitative estimate of drug-likeness (QED) is 0.0544. The maximum absolute atomic E-state index is 13.5. The first-order valence-corrected chi connectivity index (χ1v) is 26.0. The molecule has 0 spiro atoms. The number of carbonyl (C=O) groups excluding carboxylic acids is 5. The van der Waals surface area contributed by atoms with Gasteiger partial charge in [-0.1, -0.05) is 6.92 Å². The van der Waals surface area contributed by atoms with Gasteiger partial charge in [0.2, 0.25) is 23.7 Å². The number of ether oxygens (including phenoxy) is 1. The lowest BCUT2D eigenvalue weighted by molar-refractivity contribution is -0.136. The summed E-state index contributed by atoms with van der Waals surface area (Å²) in [5.74, 6) is -0.949. The Morgan fingerprint density at radius 2 is 1.66 bits per heavy atom. The maximum atomic E-state index is 13.5. The first kappa shape index (κ1) is 46.6. The highest BCUT2D eigenvalue weighted by molar-refractivity contribution is 9.10. The van der Waals surface area contributed by atoms with Gasteiger partial charge in [0.1, 0.15) is 30.3 Å². The van der Waals surface area contributed by atoms with Crippen molar-refractivity contribution >= 4 is 103 Å². The number of rotatable bonds is 15. The molecular weight excluding hydrogens is 955 g/mol. The van der Waals surface area contributed by atoms with Crippen molar-refractivity contribution in [1.82, 2.24) is 40.8 Å². The molecule has 3 saturated heterocycles. The third-order valence-electron chi connectivity index (χ3n) is 12.9. The van der Waals surface area contributed by atoms with Crippen LogP contribution in [0.5, 0.6) is 5.75 Å². The molecule has 0 saturated carbocycles. The smallest absolute Gasteiger partial charge is 0.262 e. The minimum atomic E-state index is -2.79. The van der Waals surface area contributed by atoms with Crippen LogP contribution in [-0.2, 0) is 25.4 Å². The number of imide groups is 2. The van der Waals surface area contributed by atoms with Gasteiger partial charge >= 0.3 is 0 Å². The molecule has 1 atom stereocenters. The van der Waals surface area contributed by atoms with Crippen molar-refractivity contribution in [3.63, 3.8) is 0 Å². The Morgan fingerprint density at radius 3 is 2.40 bits per heavy atom. The summed E-state index contributed by atoms with van der Waals surface area (Å²) in [6.07, 6.45) is 7.66. The van der Waals surface area contributed by atoms with E-state index in [2.05, 4.69) is 81.4 Å². The number of methoxy groups -OCH3 is 1. The number of halogens is 1. The Labute approximate surface area is 401 Å². The second-order valence-electron chi connectivity index (χ2n) is 17.7. The molecule has 2 aromatic heterocycles. The van der Waals surface area contributed by atoms with Crippen LogP contribution in [0.4, 0.5) is 34.5 Å². The zero-order valence-electron chi connectivity index (χ0n) is 38.1. The third-order valence-corrected chi connectivity index (χ3v) is 15.0. The Morgan fingerprint density at radius 1 is 0.897 bits per heavy atom. The second kappa shape index (κ2) is 19.2. The summed E-state index contributed by atoms with van der Waals surface area (Å²) in [7, 11) is -1.15. The maximum Gasteiger partial charge on any atom is 0.262 e. The van der Waals surface area contributed by atoms with E-state index in [1.807, 2.05) is 17.0 Å². The molecule has 21 heteroatoms. The molecule has 0 radical (unpaired) electrons. The van der Waals surface area contributed by atoms with Crippen LogP contribution in [0.25, 0.3) is 11.0 Å². The monoisotopic (exact) mass is 1010 g/mol. The first-order valence-electron chi connectivity index (χ1n) is 22.6. The SMILES string of the molecule is CCc1cc(Nc2ncc(Br)c(Nc3ccc4nccnc4c3P(C)(C)=O)n2)c(OC)cc1N1CCC(NCCNC(=O)C2CN(c3ccc4c(c3)C(=O)N(C3CCC(=O)NC3=O)C4=O)C2)CC1. The van der Waals surface area contributed by atoms with Crippen LogP contribution in [0.1, 0.15) is 58.9 Å². The van der Waals surface area contributed by atoms with Crippen LogP contribution in [0, 0.1) is 5.92 Å². The molecule has 5 aromatic rings. The number of amides is 5. The summed E-state index contributed by atoms with van der Waals surface area (Å²) in [5, 5.41) is 16.2. The van der Waals surface area contributed by atoms with Gasteiger partial charge in [0.05, 0.1) is 50.8 Å². The molecule has 5 amide bonds. The lowest BCUT2D eigenvalue weighted by Crippen LogP contribution is -2.54. The molecule has 68 heavy (non-hydrogen) atoms. The van der Waals surface area contributed by atoms with Crippen molar-refractivity contribution in [1.29, 1.82) is 0 Å². The normalized spacial score (nSPS) is 17.8. The van der Waals surface area contributed by atoms with E-state index in [0.29, 0.717) is 76.2 Å².